The number of benzene rings is 2. The van der Waals surface area contributed by atoms with Gasteiger partial charge in [0, 0.05) is 17.9 Å². The summed E-state index contributed by atoms with van der Waals surface area (Å²) in [4.78, 5) is 11.8. The predicted molar refractivity (Wildman–Crippen MR) is 94.0 cm³/mol. The van der Waals surface area contributed by atoms with E-state index in [0.717, 1.165) is 11.3 Å². The van der Waals surface area contributed by atoms with Crippen molar-refractivity contribution >= 4 is 11.7 Å². The standard InChI is InChI=1S/C21H20O3/c1-2-23-21(22)15-19-13-18(16-9-5-3-6-10-16)14-20(24-19)17-11-7-4-8-12-17/h3-12,14-15,18H,2,13H2,1H3/b19-15-/t18-/m0/s1. The van der Waals surface area contributed by atoms with Gasteiger partial charge < -0.3 is 9.47 Å². The minimum Gasteiger partial charge on any atom is -0.463 e. The predicted octanol–water partition coefficient (Wildman–Crippen LogP) is 4.68. The third kappa shape index (κ3) is 3.93. The summed E-state index contributed by atoms with van der Waals surface area (Å²) >= 11 is 0. The van der Waals surface area contributed by atoms with Crippen LogP contribution in [0.1, 0.15) is 30.4 Å². The Labute approximate surface area is 142 Å². The first-order chi connectivity index (χ1) is 11.8. The Morgan fingerprint density at radius 1 is 1.12 bits per heavy atom. The van der Waals surface area contributed by atoms with Crippen LogP contribution in [0.2, 0.25) is 0 Å². The number of allylic oxidation sites excluding steroid dienone is 2. The summed E-state index contributed by atoms with van der Waals surface area (Å²) in [7, 11) is 0. The summed E-state index contributed by atoms with van der Waals surface area (Å²) in [6.45, 7) is 2.15. The highest BCUT2D eigenvalue weighted by atomic mass is 16.5. The molecule has 0 saturated carbocycles. The normalized spacial score (nSPS) is 18.6. The first kappa shape index (κ1) is 16.1. The Hall–Kier alpha value is -2.81. The fraction of sp³-hybridized carbons (Fsp3) is 0.190. The van der Waals surface area contributed by atoms with Crippen molar-refractivity contribution in [1.82, 2.24) is 0 Å². The number of ether oxygens (including phenoxy) is 2. The van der Waals surface area contributed by atoms with Gasteiger partial charge in [0.05, 0.1) is 12.7 Å². The zero-order chi connectivity index (χ0) is 16.8. The number of carbonyl (C=O) groups excluding carboxylic acids is 1. The van der Waals surface area contributed by atoms with Crippen molar-refractivity contribution in [3.8, 4) is 0 Å². The Kier molecular flexibility index (Phi) is 5.12. The van der Waals surface area contributed by atoms with E-state index >= 15 is 0 Å². The van der Waals surface area contributed by atoms with E-state index in [9.17, 15) is 4.79 Å². The van der Waals surface area contributed by atoms with Gasteiger partial charge in [0.1, 0.15) is 11.5 Å². The highest BCUT2D eigenvalue weighted by Gasteiger charge is 2.22. The minimum absolute atomic E-state index is 0.163. The molecule has 0 amide bonds. The second kappa shape index (κ2) is 7.64. The van der Waals surface area contributed by atoms with Crippen molar-refractivity contribution in [2.75, 3.05) is 6.61 Å². The van der Waals surface area contributed by atoms with Crippen LogP contribution in [0.25, 0.3) is 5.76 Å². The van der Waals surface area contributed by atoms with Crippen molar-refractivity contribution in [2.45, 2.75) is 19.3 Å². The van der Waals surface area contributed by atoms with E-state index in [-0.39, 0.29) is 11.9 Å². The number of carbonyl (C=O) groups is 1. The topological polar surface area (TPSA) is 35.5 Å². The molecule has 3 nitrogen and oxygen atoms in total. The summed E-state index contributed by atoms with van der Waals surface area (Å²) < 4.78 is 11.0. The first-order valence-corrected chi connectivity index (χ1v) is 8.13. The molecule has 3 heteroatoms. The molecular formula is C21H20O3. The highest BCUT2D eigenvalue weighted by molar-refractivity contribution is 5.83. The minimum atomic E-state index is -0.367. The summed E-state index contributed by atoms with van der Waals surface area (Å²) in [6.07, 6.45) is 4.21. The van der Waals surface area contributed by atoms with E-state index in [1.54, 1.807) is 6.92 Å². The third-order valence-corrected chi connectivity index (χ3v) is 3.87. The molecule has 0 N–H and O–H groups in total. The number of hydrogen-bond acceptors (Lipinski definition) is 3. The quantitative estimate of drug-likeness (QED) is 0.606. The molecule has 1 heterocycles. The average Bonchev–Trinajstić information content (AvgIpc) is 2.63. The van der Waals surface area contributed by atoms with E-state index in [0.29, 0.717) is 18.8 Å². The molecule has 1 aliphatic heterocycles. The fourth-order valence-corrected chi connectivity index (χ4v) is 2.75. The van der Waals surface area contributed by atoms with Gasteiger partial charge in [-0.2, -0.15) is 0 Å². The molecule has 0 unspecified atom stereocenters. The lowest BCUT2D eigenvalue weighted by Gasteiger charge is -2.24. The monoisotopic (exact) mass is 320 g/mol. The van der Waals surface area contributed by atoms with Crippen LogP contribution in [0.4, 0.5) is 0 Å². The smallest absolute Gasteiger partial charge is 0.334 e. The molecule has 0 radical (unpaired) electrons. The van der Waals surface area contributed by atoms with Gasteiger partial charge in [-0.3, -0.25) is 0 Å². The van der Waals surface area contributed by atoms with Crippen molar-refractivity contribution in [1.29, 1.82) is 0 Å². The lowest BCUT2D eigenvalue weighted by atomic mass is 9.91. The fourth-order valence-electron chi connectivity index (χ4n) is 2.75. The molecule has 0 saturated heterocycles. The van der Waals surface area contributed by atoms with Crippen LogP contribution < -0.4 is 0 Å². The van der Waals surface area contributed by atoms with Crippen molar-refractivity contribution in [3.05, 3.63) is 89.7 Å². The first-order valence-electron chi connectivity index (χ1n) is 8.13. The Bertz CT molecular complexity index is 745. The molecule has 0 aliphatic carbocycles. The third-order valence-electron chi connectivity index (χ3n) is 3.87. The van der Waals surface area contributed by atoms with Crippen molar-refractivity contribution in [2.24, 2.45) is 0 Å². The Balaban J connectivity index is 1.94. The van der Waals surface area contributed by atoms with Gasteiger partial charge in [-0.25, -0.2) is 4.79 Å². The molecule has 0 aromatic heterocycles. The van der Waals surface area contributed by atoms with Gasteiger partial charge >= 0.3 is 5.97 Å². The van der Waals surface area contributed by atoms with E-state index in [1.165, 1.54) is 11.6 Å². The van der Waals surface area contributed by atoms with E-state index in [4.69, 9.17) is 9.47 Å². The molecule has 24 heavy (non-hydrogen) atoms. The number of hydrogen-bond donors (Lipinski definition) is 0. The molecule has 0 fully saturated rings. The van der Waals surface area contributed by atoms with Gasteiger partial charge in [-0.1, -0.05) is 60.7 Å². The molecule has 2 aromatic carbocycles. The maximum absolute atomic E-state index is 11.8. The molecular weight excluding hydrogens is 300 g/mol. The maximum Gasteiger partial charge on any atom is 0.334 e. The Morgan fingerprint density at radius 2 is 1.79 bits per heavy atom. The SMILES string of the molecule is CCOC(=O)/C=C1/C[C@H](c2ccccc2)C=C(c2ccccc2)O1. The van der Waals surface area contributed by atoms with Gasteiger partial charge in [0.25, 0.3) is 0 Å². The van der Waals surface area contributed by atoms with Gasteiger partial charge in [0.15, 0.2) is 0 Å². The zero-order valence-electron chi connectivity index (χ0n) is 13.6. The number of rotatable bonds is 4. The van der Waals surface area contributed by atoms with Crippen LogP contribution in [0.5, 0.6) is 0 Å². The lowest BCUT2D eigenvalue weighted by Crippen LogP contribution is -2.10. The molecule has 0 spiro atoms. The van der Waals surface area contributed by atoms with E-state index in [1.807, 2.05) is 48.5 Å². The largest absolute Gasteiger partial charge is 0.463 e. The zero-order valence-corrected chi connectivity index (χ0v) is 13.6. The van der Waals surface area contributed by atoms with Crippen LogP contribution in [0.3, 0.4) is 0 Å². The number of esters is 1. The average molecular weight is 320 g/mol. The van der Waals surface area contributed by atoms with E-state index in [2.05, 4.69) is 18.2 Å². The molecule has 122 valence electrons. The van der Waals surface area contributed by atoms with Gasteiger partial charge in [0.2, 0.25) is 0 Å². The van der Waals surface area contributed by atoms with Crippen LogP contribution in [-0.4, -0.2) is 12.6 Å². The van der Waals surface area contributed by atoms with Crippen LogP contribution in [-0.2, 0) is 14.3 Å². The summed E-state index contributed by atoms with van der Waals surface area (Å²) in [5, 5.41) is 0. The second-order valence-electron chi connectivity index (χ2n) is 5.58. The van der Waals surface area contributed by atoms with Crippen molar-refractivity contribution in [3.63, 3.8) is 0 Å². The van der Waals surface area contributed by atoms with Crippen molar-refractivity contribution < 1.29 is 14.3 Å². The van der Waals surface area contributed by atoms with E-state index < -0.39 is 0 Å². The van der Waals surface area contributed by atoms with Crippen LogP contribution >= 0.6 is 0 Å². The molecule has 3 rings (SSSR count). The van der Waals surface area contributed by atoms with Crippen LogP contribution in [0, 0.1) is 0 Å². The van der Waals surface area contributed by atoms with Crippen LogP contribution in [0.15, 0.2) is 78.6 Å². The van der Waals surface area contributed by atoms with Gasteiger partial charge in [-0.05, 0) is 18.6 Å². The highest BCUT2D eigenvalue weighted by Crippen LogP contribution is 2.36. The summed E-state index contributed by atoms with van der Waals surface area (Å²) in [6, 6.07) is 20.2. The second-order valence-corrected chi connectivity index (χ2v) is 5.58. The molecule has 1 aliphatic rings. The Morgan fingerprint density at radius 3 is 2.46 bits per heavy atom. The lowest BCUT2D eigenvalue weighted by molar-refractivity contribution is -0.137. The molecule has 0 bridgehead atoms. The molecule has 1 atom stereocenters. The summed E-state index contributed by atoms with van der Waals surface area (Å²) in [5.41, 5.74) is 2.19. The summed E-state index contributed by atoms with van der Waals surface area (Å²) in [5.74, 6) is 1.19. The van der Waals surface area contributed by atoms with Gasteiger partial charge in [-0.15, -0.1) is 0 Å². The maximum atomic E-state index is 11.8. The molecule has 2 aromatic rings.